The van der Waals surface area contributed by atoms with Gasteiger partial charge < -0.3 is 0 Å². The molecule has 1 heterocycles. The van der Waals surface area contributed by atoms with Crippen LogP contribution in [0.5, 0.6) is 0 Å². The third-order valence-electron chi connectivity index (χ3n) is 1.77. The van der Waals surface area contributed by atoms with Gasteiger partial charge in [0, 0.05) is 0 Å². The van der Waals surface area contributed by atoms with E-state index in [0.29, 0.717) is 5.39 Å². The lowest BCUT2D eigenvalue weighted by Gasteiger charge is -1.85. The molecule has 0 radical (unpaired) electrons. The number of aromatic nitrogens is 1. The lowest BCUT2D eigenvalue weighted by atomic mass is 10.3. The smallest absolute Gasteiger partial charge is 0.268 e. The molecule has 2 rings (SSSR count). The van der Waals surface area contributed by atoms with Crippen LogP contribution in [0.3, 0.4) is 0 Å². The molecule has 4 heteroatoms. The Labute approximate surface area is 78.6 Å². The van der Waals surface area contributed by atoms with E-state index < -0.39 is 0 Å². The number of benzene rings is 1. The predicted octanol–water partition coefficient (Wildman–Crippen LogP) is 1.59. The number of hydrogen-bond donors (Lipinski definition) is 0. The zero-order valence-corrected chi connectivity index (χ0v) is 7.54. The molecule has 0 aliphatic heterocycles. The maximum atomic E-state index is 11.5. The molecule has 0 amide bonds. The third kappa shape index (κ3) is 1.23. The molecule has 1 aromatic carbocycles. The van der Waals surface area contributed by atoms with Crippen LogP contribution >= 0.6 is 11.5 Å². The molecule has 0 unspecified atom stereocenters. The van der Waals surface area contributed by atoms with E-state index in [4.69, 9.17) is 5.26 Å². The molecule has 1 aromatic heterocycles. The van der Waals surface area contributed by atoms with Gasteiger partial charge in [-0.3, -0.25) is 4.79 Å². The molecule has 0 fully saturated rings. The summed E-state index contributed by atoms with van der Waals surface area (Å²) in [6, 6.07) is 9.33. The second kappa shape index (κ2) is 3.04. The summed E-state index contributed by atoms with van der Waals surface area (Å²) >= 11 is 1.33. The van der Waals surface area contributed by atoms with E-state index >= 15 is 0 Å². The van der Waals surface area contributed by atoms with Crippen LogP contribution in [0.25, 0.3) is 10.1 Å². The van der Waals surface area contributed by atoms with Crippen LogP contribution in [-0.2, 0) is 6.54 Å². The fraction of sp³-hybridized carbons (Fsp3) is 0.111. The second-order valence-corrected chi connectivity index (χ2v) is 3.65. The molecular formula is C9H6N2OS. The Morgan fingerprint density at radius 2 is 2.23 bits per heavy atom. The molecule has 3 nitrogen and oxygen atoms in total. The second-order valence-electron chi connectivity index (χ2n) is 2.59. The van der Waals surface area contributed by atoms with Crippen molar-refractivity contribution in [3.63, 3.8) is 0 Å². The van der Waals surface area contributed by atoms with E-state index in [2.05, 4.69) is 0 Å². The van der Waals surface area contributed by atoms with E-state index in [1.807, 2.05) is 24.3 Å². The van der Waals surface area contributed by atoms with Crippen molar-refractivity contribution in [1.29, 1.82) is 5.26 Å². The molecule has 13 heavy (non-hydrogen) atoms. The van der Waals surface area contributed by atoms with Crippen molar-refractivity contribution in [1.82, 2.24) is 3.96 Å². The first-order valence-electron chi connectivity index (χ1n) is 3.79. The summed E-state index contributed by atoms with van der Waals surface area (Å²) in [7, 11) is 0. The summed E-state index contributed by atoms with van der Waals surface area (Å²) in [4.78, 5) is 11.5. The van der Waals surface area contributed by atoms with Crippen LogP contribution in [0.2, 0.25) is 0 Å². The average molecular weight is 190 g/mol. The molecule has 0 aliphatic carbocycles. The van der Waals surface area contributed by atoms with Crippen molar-refractivity contribution >= 4 is 21.6 Å². The van der Waals surface area contributed by atoms with E-state index in [0.717, 1.165) is 4.70 Å². The van der Waals surface area contributed by atoms with Gasteiger partial charge >= 0.3 is 0 Å². The Morgan fingerprint density at radius 1 is 1.46 bits per heavy atom. The molecule has 64 valence electrons. The van der Waals surface area contributed by atoms with E-state index in [-0.39, 0.29) is 12.1 Å². The minimum Gasteiger partial charge on any atom is -0.268 e. The van der Waals surface area contributed by atoms with Gasteiger partial charge in [0.2, 0.25) is 0 Å². The SMILES string of the molecule is N#CCn1sc2ccccc2c1=O. The Balaban J connectivity index is 2.76. The van der Waals surface area contributed by atoms with Crippen LogP contribution in [0.1, 0.15) is 0 Å². The van der Waals surface area contributed by atoms with Gasteiger partial charge in [-0.2, -0.15) is 5.26 Å². The van der Waals surface area contributed by atoms with Crippen molar-refractivity contribution in [3.05, 3.63) is 34.6 Å². The quantitative estimate of drug-likeness (QED) is 0.685. The highest BCUT2D eigenvalue weighted by Gasteiger charge is 2.04. The monoisotopic (exact) mass is 190 g/mol. The predicted molar refractivity (Wildman–Crippen MR) is 51.7 cm³/mol. The van der Waals surface area contributed by atoms with Crippen LogP contribution in [0.15, 0.2) is 29.1 Å². The van der Waals surface area contributed by atoms with E-state index in [9.17, 15) is 4.79 Å². The van der Waals surface area contributed by atoms with Crippen molar-refractivity contribution in [2.45, 2.75) is 6.54 Å². The van der Waals surface area contributed by atoms with Crippen molar-refractivity contribution < 1.29 is 0 Å². The zero-order valence-electron chi connectivity index (χ0n) is 6.73. The number of fused-ring (bicyclic) bond motifs is 1. The van der Waals surface area contributed by atoms with E-state index in [1.165, 1.54) is 15.5 Å². The molecular weight excluding hydrogens is 184 g/mol. The molecule has 0 atom stereocenters. The van der Waals surface area contributed by atoms with Crippen molar-refractivity contribution in [2.75, 3.05) is 0 Å². The summed E-state index contributed by atoms with van der Waals surface area (Å²) in [5.74, 6) is 0. The summed E-state index contributed by atoms with van der Waals surface area (Å²) in [6.45, 7) is 0.137. The van der Waals surface area contributed by atoms with E-state index in [1.54, 1.807) is 6.07 Å². The lowest BCUT2D eigenvalue weighted by molar-refractivity contribution is 0.893. The summed E-state index contributed by atoms with van der Waals surface area (Å²) < 4.78 is 2.40. The molecule has 0 saturated heterocycles. The number of hydrogen-bond acceptors (Lipinski definition) is 3. The van der Waals surface area contributed by atoms with Crippen molar-refractivity contribution in [3.8, 4) is 6.07 Å². The Morgan fingerprint density at radius 3 is 2.92 bits per heavy atom. The minimum atomic E-state index is -0.0675. The summed E-state index contributed by atoms with van der Waals surface area (Å²) in [6.07, 6.45) is 0. The first-order valence-corrected chi connectivity index (χ1v) is 4.56. The highest BCUT2D eigenvalue weighted by molar-refractivity contribution is 7.13. The Hall–Kier alpha value is -1.60. The molecule has 0 N–H and O–H groups in total. The number of nitrogens with zero attached hydrogens (tertiary/aromatic N) is 2. The third-order valence-corrected chi connectivity index (χ3v) is 2.83. The lowest BCUT2D eigenvalue weighted by Crippen LogP contribution is -2.11. The zero-order chi connectivity index (χ0) is 9.26. The number of rotatable bonds is 1. The Bertz CT molecular complexity index is 532. The van der Waals surface area contributed by atoms with Crippen LogP contribution in [0.4, 0.5) is 0 Å². The normalized spacial score (nSPS) is 10.1. The molecule has 0 bridgehead atoms. The van der Waals surface area contributed by atoms with Gasteiger partial charge in [0.25, 0.3) is 5.56 Å². The summed E-state index contributed by atoms with van der Waals surface area (Å²) in [5.41, 5.74) is -0.0675. The van der Waals surface area contributed by atoms with Gasteiger partial charge in [-0.15, -0.1) is 0 Å². The topological polar surface area (TPSA) is 45.8 Å². The van der Waals surface area contributed by atoms with Crippen molar-refractivity contribution in [2.24, 2.45) is 0 Å². The highest BCUT2D eigenvalue weighted by atomic mass is 32.1. The Kier molecular flexibility index (Phi) is 1.87. The highest BCUT2D eigenvalue weighted by Crippen LogP contribution is 2.15. The van der Waals surface area contributed by atoms with Gasteiger partial charge in [-0.05, 0) is 12.1 Å². The minimum absolute atomic E-state index is 0.0675. The molecule has 2 aromatic rings. The summed E-state index contributed by atoms with van der Waals surface area (Å²) in [5, 5.41) is 9.16. The average Bonchev–Trinajstić information content (AvgIpc) is 2.46. The van der Waals surface area contributed by atoms with Gasteiger partial charge in [0.1, 0.15) is 6.54 Å². The number of nitriles is 1. The standard InChI is InChI=1S/C9H6N2OS/c10-5-6-11-9(12)7-3-1-2-4-8(7)13-11/h1-4H,6H2. The van der Waals surface area contributed by atoms with Gasteiger partial charge in [-0.25, -0.2) is 3.96 Å². The van der Waals surface area contributed by atoms with Crippen LogP contribution in [-0.4, -0.2) is 3.96 Å². The molecule has 0 spiro atoms. The fourth-order valence-electron chi connectivity index (χ4n) is 1.19. The van der Waals surface area contributed by atoms with Crippen LogP contribution in [0, 0.1) is 11.3 Å². The first-order chi connectivity index (χ1) is 6.33. The first kappa shape index (κ1) is 8.02. The maximum absolute atomic E-state index is 11.5. The largest absolute Gasteiger partial charge is 0.269 e. The molecule has 0 aliphatic rings. The molecule has 0 saturated carbocycles. The maximum Gasteiger partial charge on any atom is 0.269 e. The van der Waals surface area contributed by atoms with Gasteiger partial charge in [0.15, 0.2) is 0 Å². The fourth-order valence-corrected chi connectivity index (χ4v) is 2.12. The van der Waals surface area contributed by atoms with Crippen LogP contribution < -0.4 is 5.56 Å². The van der Waals surface area contributed by atoms with Gasteiger partial charge in [0.05, 0.1) is 16.2 Å². The van der Waals surface area contributed by atoms with Gasteiger partial charge in [-0.1, -0.05) is 23.7 Å².